The number of aromatic amines is 1. The highest BCUT2D eigenvalue weighted by atomic mass is 16.7. The van der Waals surface area contributed by atoms with E-state index in [1.54, 1.807) is 6.20 Å². The van der Waals surface area contributed by atoms with E-state index in [0.29, 0.717) is 11.0 Å². The van der Waals surface area contributed by atoms with Gasteiger partial charge in [-0.05, 0) is 27.7 Å². The Labute approximate surface area is 121 Å². The second-order valence-electron chi connectivity index (χ2n) is 6.18. The molecule has 0 spiro atoms. The van der Waals surface area contributed by atoms with Gasteiger partial charge in [-0.3, -0.25) is 10.1 Å². The van der Waals surface area contributed by atoms with E-state index in [2.05, 4.69) is 9.97 Å². The maximum absolute atomic E-state index is 10.9. The lowest BCUT2D eigenvalue weighted by atomic mass is 9.79. The molecule has 0 aromatic carbocycles. The minimum atomic E-state index is -0.576. The lowest BCUT2D eigenvalue weighted by molar-refractivity contribution is -0.385. The molecule has 1 aliphatic rings. The Hall–Kier alpha value is -1.93. The summed E-state index contributed by atoms with van der Waals surface area (Å²) in [6.45, 7) is 7.84. The van der Waals surface area contributed by atoms with Crippen molar-refractivity contribution in [3.63, 3.8) is 0 Å². The lowest BCUT2D eigenvalue weighted by Crippen LogP contribution is -2.41. The highest BCUT2D eigenvalue weighted by molar-refractivity contribution is 6.65. The molecule has 0 radical (unpaired) electrons. The van der Waals surface area contributed by atoms with Crippen LogP contribution >= 0.6 is 0 Å². The van der Waals surface area contributed by atoms with Gasteiger partial charge in [-0.2, -0.15) is 0 Å². The molecule has 0 unspecified atom stereocenters. The predicted octanol–water partition coefficient (Wildman–Crippen LogP) is 1.77. The number of fused-ring (bicyclic) bond motifs is 1. The summed E-state index contributed by atoms with van der Waals surface area (Å²) in [6, 6.07) is 1.49. The Morgan fingerprint density at radius 1 is 1.29 bits per heavy atom. The molecule has 3 rings (SSSR count). The minimum absolute atomic E-state index is 0.0557. The van der Waals surface area contributed by atoms with Gasteiger partial charge in [-0.25, -0.2) is 4.98 Å². The average molecular weight is 289 g/mol. The molecular weight excluding hydrogens is 273 g/mol. The minimum Gasteiger partial charge on any atom is -0.399 e. The van der Waals surface area contributed by atoms with E-state index in [0.717, 1.165) is 5.46 Å². The number of aromatic nitrogens is 2. The molecule has 0 aliphatic carbocycles. The van der Waals surface area contributed by atoms with Crippen molar-refractivity contribution in [2.75, 3.05) is 0 Å². The summed E-state index contributed by atoms with van der Waals surface area (Å²) < 4.78 is 12.0. The van der Waals surface area contributed by atoms with Gasteiger partial charge in [0.2, 0.25) is 0 Å². The average Bonchev–Trinajstić information content (AvgIpc) is 2.87. The van der Waals surface area contributed by atoms with Gasteiger partial charge in [-0.15, -0.1) is 0 Å². The molecule has 21 heavy (non-hydrogen) atoms. The zero-order valence-corrected chi connectivity index (χ0v) is 12.3. The first-order valence-electron chi connectivity index (χ1n) is 6.68. The molecule has 1 fully saturated rings. The molecule has 1 saturated heterocycles. The summed E-state index contributed by atoms with van der Waals surface area (Å²) in [5.41, 5.74) is 0.315. The van der Waals surface area contributed by atoms with Crippen LogP contribution in [0.25, 0.3) is 11.0 Å². The quantitative estimate of drug-likeness (QED) is 0.517. The van der Waals surface area contributed by atoms with Gasteiger partial charge < -0.3 is 14.3 Å². The second kappa shape index (κ2) is 4.28. The molecule has 2 aromatic heterocycles. The SMILES string of the molecule is CC1(C)OB(c2c[nH]c3ncc([N+](=O)[O-])cc23)OC1(C)C. The normalized spacial score (nSPS) is 20.1. The number of pyridine rings is 1. The molecule has 3 heterocycles. The number of H-pyrrole nitrogens is 1. The van der Waals surface area contributed by atoms with Gasteiger partial charge in [0.05, 0.1) is 16.1 Å². The van der Waals surface area contributed by atoms with Crippen LogP contribution in [0.4, 0.5) is 5.69 Å². The fraction of sp³-hybridized carbons (Fsp3) is 0.462. The highest BCUT2D eigenvalue weighted by Crippen LogP contribution is 2.37. The summed E-state index contributed by atoms with van der Waals surface area (Å²) in [7, 11) is -0.576. The van der Waals surface area contributed by atoms with Gasteiger partial charge in [0.1, 0.15) is 11.8 Å². The monoisotopic (exact) mass is 289 g/mol. The molecule has 0 saturated carbocycles. The molecule has 2 aromatic rings. The van der Waals surface area contributed by atoms with Crippen molar-refractivity contribution in [3.8, 4) is 0 Å². The van der Waals surface area contributed by atoms with E-state index in [1.165, 1.54) is 12.3 Å². The number of nitro groups is 1. The van der Waals surface area contributed by atoms with Crippen LogP contribution in [0.2, 0.25) is 0 Å². The topological polar surface area (TPSA) is 90.3 Å². The molecular formula is C13H16BN3O4. The fourth-order valence-corrected chi connectivity index (χ4v) is 2.28. The maximum atomic E-state index is 10.9. The first-order valence-corrected chi connectivity index (χ1v) is 6.68. The zero-order chi connectivity index (χ0) is 15.4. The Bertz CT molecular complexity index is 709. The Morgan fingerprint density at radius 2 is 1.90 bits per heavy atom. The summed E-state index contributed by atoms with van der Waals surface area (Å²) in [5.74, 6) is 0. The second-order valence-corrected chi connectivity index (χ2v) is 6.18. The highest BCUT2D eigenvalue weighted by Gasteiger charge is 2.52. The predicted molar refractivity (Wildman–Crippen MR) is 78.5 cm³/mol. The lowest BCUT2D eigenvalue weighted by Gasteiger charge is -2.32. The summed E-state index contributed by atoms with van der Waals surface area (Å²) in [4.78, 5) is 17.5. The Kier molecular flexibility index (Phi) is 2.86. The van der Waals surface area contributed by atoms with Crippen LogP contribution in [-0.4, -0.2) is 33.2 Å². The zero-order valence-electron chi connectivity index (χ0n) is 12.3. The van der Waals surface area contributed by atoms with E-state index >= 15 is 0 Å². The number of nitrogens with zero attached hydrogens (tertiary/aromatic N) is 2. The molecule has 8 heteroatoms. The van der Waals surface area contributed by atoms with Crippen molar-refractivity contribution >= 4 is 29.3 Å². The summed E-state index contributed by atoms with van der Waals surface area (Å²) in [6.07, 6.45) is 2.95. The molecule has 0 bridgehead atoms. The van der Waals surface area contributed by atoms with Crippen molar-refractivity contribution in [1.29, 1.82) is 0 Å². The fourth-order valence-electron chi connectivity index (χ4n) is 2.28. The van der Waals surface area contributed by atoms with Crippen LogP contribution in [0.1, 0.15) is 27.7 Å². The standard InChI is InChI=1S/C13H16BN3O4/c1-12(2)13(3,4)21-14(20-12)10-7-16-11-9(10)5-8(6-15-11)17(18)19/h5-7H,1-4H3,(H,15,16). The van der Waals surface area contributed by atoms with E-state index in [9.17, 15) is 10.1 Å². The molecule has 0 atom stereocenters. The summed E-state index contributed by atoms with van der Waals surface area (Å²) >= 11 is 0. The van der Waals surface area contributed by atoms with Gasteiger partial charge >= 0.3 is 7.12 Å². The van der Waals surface area contributed by atoms with Gasteiger partial charge in [0.25, 0.3) is 5.69 Å². The van der Waals surface area contributed by atoms with E-state index in [4.69, 9.17) is 9.31 Å². The maximum Gasteiger partial charge on any atom is 0.497 e. The third-order valence-electron chi connectivity index (χ3n) is 4.27. The number of rotatable bonds is 2. The Morgan fingerprint density at radius 3 is 2.48 bits per heavy atom. The molecule has 7 nitrogen and oxygen atoms in total. The van der Waals surface area contributed by atoms with Gasteiger partial charge in [0, 0.05) is 23.1 Å². The largest absolute Gasteiger partial charge is 0.497 e. The van der Waals surface area contributed by atoms with Crippen LogP contribution in [0.15, 0.2) is 18.5 Å². The third-order valence-corrected chi connectivity index (χ3v) is 4.27. The number of hydrogen-bond donors (Lipinski definition) is 1. The smallest absolute Gasteiger partial charge is 0.399 e. The van der Waals surface area contributed by atoms with Crippen LogP contribution in [-0.2, 0) is 9.31 Å². The van der Waals surface area contributed by atoms with Crippen molar-refractivity contribution in [2.24, 2.45) is 0 Å². The van der Waals surface area contributed by atoms with E-state index in [1.807, 2.05) is 27.7 Å². The first kappa shape index (κ1) is 14.0. The van der Waals surface area contributed by atoms with Crippen LogP contribution < -0.4 is 5.46 Å². The van der Waals surface area contributed by atoms with Crippen molar-refractivity contribution in [2.45, 2.75) is 38.9 Å². The van der Waals surface area contributed by atoms with Crippen LogP contribution in [0.3, 0.4) is 0 Å². The Balaban J connectivity index is 2.06. The van der Waals surface area contributed by atoms with Gasteiger partial charge in [-0.1, -0.05) is 0 Å². The van der Waals surface area contributed by atoms with Crippen molar-refractivity contribution < 1.29 is 14.2 Å². The summed E-state index contributed by atoms with van der Waals surface area (Å²) in [5, 5.41) is 11.5. The molecule has 1 N–H and O–H groups in total. The molecule has 1 aliphatic heterocycles. The molecule has 0 amide bonds. The number of nitrogens with one attached hydrogen (secondary N) is 1. The molecule has 110 valence electrons. The van der Waals surface area contributed by atoms with E-state index < -0.39 is 23.2 Å². The first-order chi connectivity index (χ1) is 9.71. The van der Waals surface area contributed by atoms with Crippen LogP contribution in [0.5, 0.6) is 0 Å². The number of hydrogen-bond acceptors (Lipinski definition) is 5. The van der Waals surface area contributed by atoms with Gasteiger partial charge in [0.15, 0.2) is 0 Å². The third kappa shape index (κ3) is 2.11. The van der Waals surface area contributed by atoms with E-state index in [-0.39, 0.29) is 5.69 Å². The van der Waals surface area contributed by atoms with Crippen LogP contribution in [0, 0.1) is 10.1 Å². The van der Waals surface area contributed by atoms with Crippen molar-refractivity contribution in [3.05, 3.63) is 28.6 Å². The van der Waals surface area contributed by atoms with Crippen molar-refractivity contribution in [1.82, 2.24) is 9.97 Å².